The standard InChI is InChI=1S/C15H20N4/c1-10(2)17-9-13-5-6-16-15(19-13)14-12(4)7-11(3)8-18-14/h5-8,10,17H,9H2,1-4H3. The summed E-state index contributed by atoms with van der Waals surface area (Å²) in [7, 11) is 0. The smallest absolute Gasteiger partial charge is 0.178 e. The Hall–Kier alpha value is -1.81. The molecule has 0 aliphatic carbocycles. The monoisotopic (exact) mass is 256 g/mol. The van der Waals surface area contributed by atoms with E-state index in [0.717, 1.165) is 29.1 Å². The molecule has 0 aliphatic heterocycles. The van der Waals surface area contributed by atoms with Gasteiger partial charge in [-0.15, -0.1) is 0 Å². The lowest BCUT2D eigenvalue weighted by Gasteiger charge is -2.09. The highest BCUT2D eigenvalue weighted by Gasteiger charge is 2.08. The van der Waals surface area contributed by atoms with Crippen LogP contribution in [0, 0.1) is 13.8 Å². The van der Waals surface area contributed by atoms with E-state index in [-0.39, 0.29) is 0 Å². The number of nitrogens with one attached hydrogen (secondary N) is 1. The maximum Gasteiger partial charge on any atom is 0.178 e. The Kier molecular flexibility index (Phi) is 4.22. The van der Waals surface area contributed by atoms with Crippen LogP contribution in [-0.2, 0) is 6.54 Å². The molecule has 100 valence electrons. The van der Waals surface area contributed by atoms with Gasteiger partial charge in [0.15, 0.2) is 5.82 Å². The van der Waals surface area contributed by atoms with Gasteiger partial charge in [0.2, 0.25) is 0 Å². The predicted molar refractivity (Wildman–Crippen MR) is 76.7 cm³/mol. The topological polar surface area (TPSA) is 50.7 Å². The van der Waals surface area contributed by atoms with Gasteiger partial charge in [0.05, 0.1) is 5.69 Å². The second kappa shape index (κ2) is 5.89. The van der Waals surface area contributed by atoms with Crippen LogP contribution in [0.1, 0.15) is 30.7 Å². The van der Waals surface area contributed by atoms with Gasteiger partial charge in [-0.1, -0.05) is 19.9 Å². The quantitative estimate of drug-likeness (QED) is 0.913. The third kappa shape index (κ3) is 3.58. The van der Waals surface area contributed by atoms with Crippen LogP contribution in [0.25, 0.3) is 11.5 Å². The van der Waals surface area contributed by atoms with Gasteiger partial charge in [-0.3, -0.25) is 4.98 Å². The van der Waals surface area contributed by atoms with E-state index in [9.17, 15) is 0 Å². The molecule has 0 aliphatic rings. The summed E-state index contributed by atoms with van der Waals surface area (Å²) in [6.45, 7) is 9.06. The summed E-state index contributed by atoms with van der Waals surface area (Å²) in [4.78, 5) is 13.3. The molecule has 0 fully saturated rings. The van der Waals surface area contributed by atoms with Gasteiger partial charge < -0.3 is 5.32 Å². The second-order valence-corrected chi connectivity index (χ2v) is 5.09. The third-order valence-corrected chi connectivity index (χ3v) is 2.83. The first kappa shape index (κ1) is 13.6. The number of hydrogen-bond donors (Lipinski definition) is 1. The Balaban J connectivity index is 2.27. The van der Waals surface area contributed by atoms with Crippen molar-refractivity contribution < 1.29 is 0 Å². The molecule has 1 N–H and O–H groups in total. The molecule has 0 saturated carbocycles. The summed E-state index contributed by atoms with van der Waals surface area (Å²) >= 11 is 0. The van der Waals surface area contributed by atoms with Gasteiger partial charge in [-0.25, -0.2) is 9.97 Å². The van der Waals surface area contributed by atoms with E-state index in [4.69, 9.17) is 0 Å². The van der Waals surface area contributed by atoms with Crippen LogP contribution in [0.3, 0.4) is 0 Å². The first-order chi connectivity index (χ1) is 9.06. The first-order valence-electron chi connectivity index (χ1n) is 6.55. The Morgan fingerprint density at radius 3 is 2.68 bits per heavy atom. The molecule has 0 saturated heterocycles. The van der Waals surface area contributed by atoms with Crippen molar-refractivity contribution in [2.75, 3.05) is 0 Å². The molecule has 4 heteroatoms. The van der Waals surface area contributed by atoms with Crippen LogP contribution in [0.4, 0.5) is 0 Å². The highest BCUT2D eigenvalue weighted by Crippen LogP contribution is 2.17. The van der Waals surface area contributed by atoms with E-state index in [1.807, 2.05) is 26.1 Å². The minimum Gasteiger partial charge on any atom is -0.309 e. The molecule has 2 aromatic rings. The lowest BCUT2D eigenvalue weighted by molar-refractivity contribution is 0.581. The van der Waals surface area contributed by atoms with Crippen LogP contribution in [0.15, 0.2) is 24.5 Å². The summed E-state index contributed by atoms with van der Waals surface area (Å²) in [6.07, 6.45) is 3.64. The summed E-state index contributed by atoms with van der Waals surface area (Å²) < 4.78 is 0. The summed E-state index contributed by atoms with van der Waals surface area (Å²) in [5.74, 6) is 0.695. The lowest BCUT2D eigenvalue weighted by Crippen LogP contribution is -2.22. The molecule has 0 bridgehead atoms. The van der Waals surface area contributed by atoms with Crippen LogP contribution < -0.4 is 5.32 Å². The molecule has 0 amide bonds. The summed E-state index contributed by atoms with van der Waals surface area (Å²) in [5.41, 5.74) is 4.10. The summed E-state index contributed by atoms with van der Waals surface area (Å²) in [5, 5.41) is 3.35. The van der Waals surface area contributed by atoms with Crippen molar-refractivity contribution in [1.82, 2.24) is 20.3 Å². The summed E-state index contributed by atoms with van der Waals surface area (Å²) in [6, 6.07) is 4.48. The largest absolute Gasteiger partial charge is 0.309 e. The maximum atomic E-state index is 4.57. The van der Waals surface area contributed by atoms with Crippen LogP contribution in [0.5, 0.6) is 0 Å². The van der Waals surface area contributed by atoms with Crippen molar-refractivity contribution in [3.05, 3.63) is 41.3 Å². The molecule has 0 radical (unpaired) electrons. The van der Waals surface area contributed by atoms with Crippen molar-refractivity contribution in [1.29, 1.82) is 0 Å². The highest BCUT2D eigenvalue weighted by atomic mass is 15.0. The normalized spacial score (nSPS) is 11.0. The lowest BCUT2D eigenvalue weighted by atomic mass is 10.1. The van der Waals surface area contributed by atoms with Crippen molar-refractivity contribution >= 4 is 0 Å². The van der Waals surface area contributed by atoms with Crippen LogP contribution in [-0.4, -0.2) is 21.0 Å². The minimum atomic E-state index is 0.442. The molecule has 0 atom stereocenters. The number of aryl methyl sites for hydroxylation is 2. The van der Waals surface area contributed by atoms with Crippen molar-refractivity contribution in [3.63, 3.8) is 0 Å². The van der Waals surface area contributed by atoms with E-state index in [1.54, 1.807) is 6.20 Å². The van der Waals surface area contributed by atoms with E-state index in [2.05, 4.69) is 40.2 Å². The fourth-order valence-corrected chi connectivity index (χ4v) is 1.87. The van der Waals surface area contributed by atoms with Crippen LogP contribution >= 0.6 is 0 Å². The Morgan fingerprint density at radius 1 is 1.21 bits per heavy atom. The fraction of sp³-hybridized carbons (Fsp3) is 0.400. The zero-order chi connectivity index (χ0) is 13.8. The maximum absolute atomic E-state index is 4.57. The third-order valence-electron chi connectivity index (χ3n) is 2.83. The first-order valence-corrected chi connectivity index (χ1v) is 6.55. The van der Waals surface area contributed by atoms with Crippen LogP contribution in [0.2, 0.25) is 0 Å². The van der Waals surface area contributed by atoms with Gasteiger partial charge in [-0.05, 0) is 31.0 Å². The molecule has 0 spiro atoms. The average molecular weight is 256 g/mol. The SMILES string of the molecule is Cc1cnc(-c2nccc(CNC(C)C)n2)c(C)c1. The van der Waals surface area contributed by atoms with E-state index in [0.29, 0.717) is 11.9 Å². The van der Waals surface area contributed by atoms with Gasteiger partial charge in [-0.2, -0.15) is 0 Å². The zero-order valence-corrected chi connectivity index (χ0v) is 11.9. The van der Waals surface area contributed by atoms with Gasteiger partial charge in [0, 0.05) is 25.0 Å². The minimum absolute atomic E-state index is 0.442. The Labute approximate surface area is 114 Å². The Morgan fingerprint density at radius 2 is 2.00 bits per heavy atom. The molecule has 2 heterocycles. The van der Waals surface area contributed by atoms with E-state index >= 15 is 0 Å². The number of pyridine rings is 1. The molecule has 0 unspecified atom stereocenters. The van der Waals surface area contributed by atoms with Crippen molar-refractivity contribution in [2.45, 2.75) is 40.3 Å². The van der Waals surface area contributed by atoms with Gasteiger partial charge in [0.25, 0.3) is 0 Å². The fourth-order valence-electron chi connectivity index (χ4n) is 1.87. The van der Waals surface area contributed by atoms with E-state index < -0.39 is 0 Å². The molecular weight excluding hydrogens is 236 g/mol. The number of nitrogens with zero attached hydrogens (tertiary/aromatic N) is 3. The zero-order valence-electron chi connectivity index (χ0n) is 11.9. The molecule has 2 rings (SSSR count). The molecular formula is C15H20N4. The van der Waals surface area contributed by atoms with Gasteiger partial charge in [0.1, 0.15) is 5.69 Å². The number of hydrogen-bond acceptors (Lipinski definition) is 4. The molecule has 19 heavy (non-hydrogen) atoms. The molecule has 0 aromatic carbocycles. The molecule has 4 nitrogen and oxygen atoms in total. The average Bonchev–Trinajstić information content (AvgIpc) is 2.36. The highest BCUT2D eigenvalue weighted by molar-refractivity contribution is 5.54. The van der Waals surface area contributed by atoms with Crippen molar-refractivity contribution in [2.24, 2.45) is 0 Å². The number of rotatable bonds is 4. The van der Waals surface area contributed by atoms with E-state index in [1.165, 1.54) is 0 Å². The second-order valence-electron chi connectivity index (χ2n) is 5.09. The predicted octanol–water partition coefficient (Wildman–Crippen LogP) is 2.65. The van der Waals surface area contributed by atoms with Gasteiger partial charge >= 0.3 is 0 Å². The molecule has 2 aromatic heterocycles. The Bertz CT molecular complexity index is 564. The number of aromatic nitrogens is 3. The van der Waals surface area contributed by atoms with Crippen molar-refractivity contribution in [3.8, 4) is 11.5 Å².